The molecular formula is C22H30N4O5. The molecule has 0 saturated carbocycles. The Morgan fingerprint density at radius 3 is 2.58 bits per heavy atom. The summed E-state index contributed by atoms with van der Waals surface area (Å²) in [5, 5.41) is 15.8. The van der Waals surface area contributed by atoms with Crippen molar-refractivity contribution < 1.29 is 24.3 Å². The first-order valence-corrected chi connectivity index (χ1v) is 10.4. The maximum atomic E-state index is 12.9. The lowest BCUT2D eigenvalue weighted by atomic mass is 10.0. The van der Waals surface area contributed by atoms with E-state index in [-0.39, 0.29) is 18.7 Å². The number of nitrogens with one attached hydrogen (secondary N) is 3. The highest BCUT2D eigenvalue weighted by molar-refractivity contribution is 5.92. The highest BCUT2D eigenvalue weighted by Gasteiger charge is 2.31. The number of carboxylic acid groups (broad SMARTS) is 1. The molecule has 0 spiro atoms. The number of carbonyl (C=O) groups excluding carboxylic acids is 3. The summed E-state index contributed by atoms with van der Waals surface area (Å²) < 4.78 is 0. The molecule has 0 bridgehead atoms. The van der Waals surface area contributed by atoms with Crippen LogP contribution in [0.4, 0.5) is 0 Å². The summed E-state index contributed by atoms with van der Waals surface area (Å²) in [6.07, 6.45) is 4.85. The second-order valence-corrected chi connectivity index (χ2v) is 7.47. The lowest BCUT2D eigenvalue weighted by Gasteiger charge is -2.33. The molecular weight excluding hydrogens is 400 g/mol. The number of carbonyl (C=O) groups is 4. The van der Waals surface area contributed by atoms with Gasteiger partial charge in [-0.3, -0.25) is 24.2 Å². The molecule has 1 fully saturated rings. The van der Waals surface area contributed by atoms with Crippen molar-refractivity contribution in [3.63, 3.8) is 0 Å². The minimum absolute atomic E-state index is 0.151. The SMILES string of the molecule is C/C=C/CC(=O)NC(Cc1ccccc1)C(=O)NC(C)C(=O)N1CCCC(C(=O)O)N1. The molecule has 0 aromatic heterocycles. The topological polar surface area (TPSA) is 128 Å². The van der Waals surface area contributed by atoms with E-state index >= 15 is 0 Å². The Hall–Kier alpha value is -3.20. The molecule has 3 amide bonds. The van der Waals surface area contributed by atoms with Crippen LogP contribution < -0.4 is 16.1 Å². The first-order valence-electron chi connectivity index (χ1n) is 10.4. The maximum Gasteiger partial charge on any atom is 0.322 e. The zero-order chi connectivity index (χ0) is 22.8. The molecule has 1 heterocycles. The zero-order valence-electron chi connectivity index (χ0n) is 17.8. The van der Waals surface area contributed by atoms with Gasteiger partial charge in [0.2, 0.25) is 11.8 Å². The van der Waals surface area contributed by atoms with E-state index in [0.29, 0.717) is 19.4 Å². The predicted molar refractivity (Wildman–Crippen MR) is 115 cm³/mol. The van der Waals surface area contributed by atoms with E-state index in [9.17, 15) is 19.2 Å². The Kier molecular flexibility index (Phi) is 9.20. The number of hydrogen-bond donors (Lipinski definition) is 4. The summed E-state index contributed by atoms with van der Waals surface area (Å²) in [4.78, 5) is 49.0. The van der Waals surface area contributed by atoms with Crippen molar-refractivity contribution in [2.45, 2.75) is 57.7 Å². The maximum absolute atomic E-state index is 12.9. The molecule has 1 saturated heterocycles. The summed E-state index contributed by atoms with van der Waals surface area (Å²) >= 11 is 0. The van der Waals surface area contributed by atoms with E-state index in [1.165, 1.54) is 11.9 Å². The van der Waals surface area contributed by atoms with Gasteiger partial charge in [0.05, 0.1) is 0 Å². The Labute approximate surface area is 181 Å². The Morgan fingerprint density at radius 2 is 1.94 bits per heavy atom. The zero-order valence-corrected chi connectivity index (χ0v) is 17.8. The van der Waals surface area contributed by atoms with Gasteiger partial charge in [0.15, 0.2) is 0 Å². The van der Waals surface area contributed by atoms with Crippen molar-refractivity contribution in [1.29, 1.82) is 0 Å². The molecule has 168 valence electrons. The van der Waals surface area contributed by atoms with Crippen LogP contribution in [0, 0.1) is 0 Å². The molecule has 1 aromatic carbocycles. The molecule has 0 aliphatic carbocycles. The summed E-state index contributed by atoms with van der Waals surface area (Å²) in [6.45, 7) is 3.70. The van der Waals surface area contributed by atoms with Crippen LogP contribution in [0.3, 0.4) is 0 Å². The molecule has 0 radical (unpaired) electrons. The minimum Gasteiger partial charge on any atom is -0.480 e. The van der Waals surface area contributed by atoms with Crippen molar-refractivity contribution in [3.05, 3.63) is 48.0 Å². The minimum atomic E-state index is -1.03. The van der Waals surface area contributed by atoms with Gasteiger partial charge in [-0.2, -0.15) is 0 Å². The third-order valence-electron chi connectivity index (χ3n) is 4.95. The molecule has 4 N–H and O–H groups in total. The van der Waals surface area contributed by atoms with Gasteiger partial charge in [0, 0.05) is 19.4 Å². The fraction of sp³-hybridized carbons (Fsp3) is 0.455. The molecule has 1 aromatic rings. The first kappa shape index (κ1) is 24.1. The van der Waals surface area contributed by atoms with Gasteiger partial charge in [-0.15, -0.1) is 0 Å². The first-order chi connectivity index (χ1) is 14.8. The van der Waals surface area contributed by atoms with Crippen molar-refractivity contribution >= 4 is 23.7 Å². The Bertz CT molecular complexity index is 811. The number of hydrogen-bond acceptors (Lipinski definition) is 5. The summed E-state index contributed by atoms with van der Waals surface area (Å²) in [5.41, 5.74) is 3.56. The van der Waals surface area contributed by atoms with Crippen molar-refractivity contribution in [3.8, 4) is 0 Å². The Balaban J connectivity index is 2.03. The highest BCUT2D eigenvalue weighted by Crippen LogP contribution is 2.09. The van der Waals surface area contributed by atoms with Gasteiger partial charge in [0.1, 0.15) is 18.1 Å². The van der Waals surface area contributed by atoms with Gasteiger partial charge < -0.3 is 15.7 Å². The molecule has 9 nitrogen and oxygen atoms in total. The summed E-state index contributed by atoms with van der Waals surface area (Å²) in [6, 6.07) is 6.69. The van der Waals surface area contributed by atoms with Gasteiger partial charge in [0.25, 0.3) is 5.91 Å². The van der Waals surface area contributed by atoms with E-state index in [4.69, 9.17) is 5.11 Å². The number of carboxylic acids is 1. The van der Waals surface area contributed by atoms with Crippen LogP contribution in [0.5, 0.6) is 0 Å². The van der Waals surface area contributed by atoms with Crippen molar-refractivity contribution in [2.75, 3.05) is 6.54 Å². The number of rotatable bonds is 9. The second-order valence-electron chi connectivity index (χ2n) is 7.47. The lowest BCUT2D eigenvalue weighted by Crippen LogP contribution is -2.60. The number of benzene rings is 1. The largest absolute Gasteiger partial charge is 0.480 e. The second kappa shape index (κ2) is 11.8. The van der Waals surface area contributed by atoms with Crippen molar-refractivity contribution in [1.82, 2.24) is 21.1 Å². The van der Waals surface area contributed by atoms with Gasteiger partial charge >= 0.3 is 5.97 Å². The fourth-order valence-electron chi connectivity index (χ4n) is 3.27. The monoisotopic (exact) mass is 430 g/mol. The molecule has 1 aliphatic heterocycles. The molecule has 2 rings (SSSR count). The van der Waals surface area contributed by atoms with Gasteiger partial charge in [-0.1, -0.05) is 42.5 Å². The molecule has 1 aliphatic rings. The van der Waals surface area contributed by atoms with E-state index in [1.807, 2.05) is 30.3 Å². The van der Waals surface area contributed by atoms with Crippen LogP contribution in [-0.4, -0.2) is 58.5 Å². The number of nitrogens with zero attached hydrogens (tertiary/aromatic N) is 1. The average molecular weight is 431 g/mol. The molecule has 9 heteroatoms. The standard InChI is InChI=1S/C22H30N4O5/c1-3-4-12-19(27)24-18(14-16-9-6-5-7-10-16)20(28)23-15(2)21(29)26-13-8-11-17(25-26)22(30)31/h3-7,9-10,15,17-18,25H,8,11-14H2,1-2H3,(H,23,28)(H,24,27)(H,30,31)/b4-3+. The highest BCUT2D eigenvalue weighted by atomic mass is 16.4. The number of allylic oxidation sites excluding steroid dienone is 1. The normalized spacial score (nSPS) is 18.3. The van der Waals surface area contributed by atoms with Gasteiger partial charge in [-0.05, 0) is 32.3 Å². The van der Waals surface area contributed by atoms with Crippen LogP contribution in [0.1, 0.15) is 38.7 Å². The predicted octanol–water partition coefficient (Wildman–Crippen LogP) is 0.765. The van der Waals surface area contributed by atoms with E-state index in [1.54, 1.807) is 19.1 Å². The third-order valence-corrected chi connectivity index (χ3v) is 4.95. The molecule has 31 heavy (non-hydrogen) atoms. The van der Waals surface area contributed by atoms with Crippen LogP contribution in [0.15, 0.2) is 42.5 Å². The quantitative estimate of drug-likeness (QED) is 0.429. The van der Waals surface area contributed by atoms with E-state index < -0.39 is 35.9 Å². The molecule has 3 atom stereocenters. The van der Waals surface area contributed by atoms with Crippen LogP contribution >= 0.6 is 0 Å². The molecule has 3 unspecified atom stereocenters. The lowest BCUT2D eigenvalue weighted by molar-refractivity contribution is -0.148. The van der Waals surface area contributed by atoms with Crippen LogP contribution in [0.2, 0.25) is 0 Å². The van der Waals surface area contributed by atoms with E-state index in [2.05, 4.69) is 16.1 Å². The number of hydrazine groups is 1. The average Bonchev–Trinajstić information content (AvgIpc) is 2.77. The van der Waals surface area contributed by atoms with E-state index in [0.717, 1.165) is 5.56 Å². The van der Waals surface area contributed by atoms with Crippen LogP contribution in [0.25, 0.3) is 0 Å². The Morgan fingerprint density at radius 1 is 1.23 bits per heavy atom. The fourth-order valence-corrected chi connectivity index (χ4v) is 3.27. The van der Waals surface area contributed by atoms with Gasteiger partial charge in [-0.25, -0.2) is 5.43 Å². The van der Waals surface area contributed by atoms with Crippen LogP contribution in [-0.2, 0) is 25.6 Å². The smallest absolute Gasteiger partial charge is 0.322 e. The summed E-state index contributed by atoms with van der Waals surface area (Å²) in [7, 11) is 0. The van der Waals surface area contributed by atoms with Crippen molar-refractivity contribution in [2.24, 2.45) is 0 Å². The number of amides is 3. The number of aliphatic carboxylic acids is 1. The third kappa shape index (κ3) is 7.53. The summed E-state index contributed by atoms with van der Waals surface area (Å²) in [5.74, 6) is -2.24.